The van der Waals surface area contributed by atoms with Gasteiger partial charge in [-0.2, -0.15) is 0 Å². The molecule has 0 spiro atoms. The molecule has 0 fully saturated rings. The van der Waals surface area contributed by atoms with Crippen LogP contribution in [0.5, 0.6) is 0 Å². The van der Waals surface area contributed by atoms with Gasteiger partial charge in [0.05, 0.1) is 6.04 Å². The summed E-state index contributed by atoms with van der Waals surface area (Å²) in [5.41, 5.74) is 10.9. The predicted octanol–water partition coefficient (Wildman–Crippen LogP) is -2.50. The first-order chi connectivity index (χ1) is 13.1. The fourth-order valence-corrected chi connectivity index (χ4v) is 2.16. The molecule has 0 bridgehead atoms. The number of aliphatic carboxylic acids is 2. The average Bonchev–Trinajstić information content (AvgIpc) is 2.61. The quantitative estimate of drug-likeness (QED) is 0.152. The second-order valence-corrected chi connectivity index (χ2v) is 6.24. The van der Waals surface area contributed by atoms with Crippen LogP contribution in [-0.4, -0.2) is 71.1 Å². The van der Waals surface area contributed by atoms with Gasteiger partial charge in [0.1, 0.15) is 18.6 Å². The molecule has 0 aromatic carbocycles. The molecule has 0 saturated carbocycles. The number of hydrogen-bond donors (Lipinski definition) is 7. The van der Waals surface area contributed by atoms with Crippen LogP contribution in [-0.2, 0) is 24.0 Å². The Morgan fingerprint density at radius 2 is 1.43 bits per heavy atom. The van der Waals surface area contributed by atoms with Crippen molar-refractivity contribution < 1.29 is 34.2 Å². The Kier molecular flexibility index (Phi) is 12.1. The van der Waals surface area contributed by atoms with Gasteiger partial charge in [0.25, 0.3) is 0 Å². The number of carbonyl (C=O) groups excluding carboxylic acids is 3. The molecule has 3 atom stereocenters. The first kappa shape index (κ1) is 25.3. The molecule has 12 heteroatoms. The molecule has 0 heterocycles. The third kappa shape index (κ3) is 11.1. The zero-order valence-electron chi connectivity index (χ0n) is 15.8. The number of carboxylic acid groups (broad SMARTS) is 2. The molecule has 0 saturated heterocycles. The van der Waals surface area contributed by atoms with Crippen molar-refractivity contribution in [3.05, 3.63) is 0 Å². The summed E-state index contributed by atoms with van der Waals surface area (Å²) in [7, 11) is 0. The molecule has 160 valence electrons. The normalized spacial score (nSPS) is 13.7. The van der Waals surface area contributed by atoms with Gasteiger partial charge in [0, 0.05) is 6.42 Å². The average molecular weight is 403 g/mol. The third-order valence-electron chi connectivity index (χ3n) is 3.69. The van der Waals surface area contributed by atoms with Crippen LogP contribution in [0.2, 0.25) is 0 Å². The second kappa shape index (κ2) is 13.4. The number of rotatable bonds is 14. The van der Waals surface area contributed by atoms with Crippen LogP contribution in [0.1, 0.15) is 39.0 Å². The Bertz CT molecular complexity index is 568. The van der Waals surface area contributed by atoms with E-state index >= 15 is 0 Å². The Morgan fingerprint density at radius 3 is 1.93 bits per heavy atom. The van der Waals surface area contributed by atoms with Crippen LogP contribution in [0.25, 0.3) is 0 Å². The van der Waals surface area contributed by atoms with Gasteiger partial charge in [-0.05, 0) is 39.2 Å². The van der Waals surface area contributed by atoms with Crippen LogP contribution in [0, 0.1) is 0 Å². The van der Waals surface area contributed by atoms with Gasteiger partial charge in [-0.15, -0.1) is 0 Å². The lowest BCUT2D eigenvalue weighted by atomic mass is 10.1. The standard InChI is InChI=1S/C16H29N5O7/c1-9(18)14(26)20-11(5-6-12(22)23)16(28)21-10(4-2-3-7-17)15(27)19-8-13(24)25/h9-11H,2-8,17-18H2,1H3,(H,19,27)(H,20,26)(H,21,28)(H,22,23)(H,24,25). The van der Waals surface area contributed by atoms with Crippen molar-refractivity contribution >= 4 is 29.7 Å². The number of hydrogen-bond acceptors (Lipinski definition) is 7. The molecule has 3 unspecified atom stereocenters. The summed E-state index contributed by atoms with van der Waals surface area (Å²) in [6, 6.07) is -3.18. The van der Waals surface area contributed by atoms with E-state index < -0.39 is 54.3 Å². The lowest BCUT2D eigenvalue weighted by Gasteiger charge is -2.23. The van der Waals surface area contributed by atoms with E-state index in [1.54, 1.807) is 0 Å². The van der Waals surface area contributed by atoms with Crippen molar-refractivity contribution in [1.29, 1.82) is 0 Å². The smallest absolute Gasteiger partial charge is 0.322 e. The van der Waals surface area contributed by atoms with Gasteiger partial charge in [0.15, 0.2) is 0 Å². The zero-order chi connectivity index (χ0) is 21.7. The molecule has 0 aliphatic heterocycles. The number of carbonyl (C=O) groups is 5. The third-order valence-corrected chi connectivity index (χ3v) is 3.69. The lowest BCUT2D eigenvalue weighted by molar-refractivity contribution is -0.138. The number of carboxylic acids is 2. The summed E-state index contributed by atoms with van der Waals surface area (Å²) >= 11 is 0. The number of amides is 3. The van der Waals surface area contributed by atoms with E-state index in [9.17, 15) is 24.0 Å². The summed E-state index contributed by atoms with van der Waals surface area (Å²) in [5, 5.41) is 24.4. The topological polar surface area (TPSA) is 214 Å². The maximum Gasteiger partial charge on any atom is 0.322 e. The Hall–Kier alpha value is -2.73. The van der Waals surface area contributed by atoms with Crippen LogP contribution in [0.4, 0.5) is 0 Å². The first-order valence-corrected chi connectivity index (χ1v) is 8.86. The summed E-state index contributed by atoms with van der Waals surface area (Å²) in [6.07, 6.45) is 0.684. The summed E-state index contributed by atoms with van der Waals surface area (Å²) < 4.78 is 0. The van der Waals surface area contributed by atoms with E-state index in [2.05, 4.69) is 16.0 Å². The van der Waals surface area contributed by atoms with Gasteiger partial charge in [-0.25, -0.2) is 0 Å². The molecule has 0 rings (SSSR count). The van der Waals surface area contributed by atoms with E-state index in [0.29, 0.717) is 19.4 Å². The molecule has 0 aliphatic carbocycles. The summed E-state index contributed by atoms with van der Waals surface area (Å²) in [4.78, 5) is 57.9. The van der Waals surface area contributed by atoms with E-state index in [-0.39, 0.29) is 19.3 Å². The maximum atomic E-state index is 12.5. The molecule has 28 heavy (non-hydrogen) atoms. The van der Waals surface area contributed by atoms with Gasteiger partial charge < -0.3 is 37.6 Å². The monoisotopic (exact) mass is 403 g/mol. The minimum absolute atomic E-state index is 0.196. The predicted molar refractivity (Wildman–Crippen MR) is 97.9 cm³/mol. The maximum absolute atomic E-state index is 12.5. The highest BCUT2D eigenvalue weighted by Crippen LogP contribution is 2.04. The second-order valence-electron chi connectivity index (χ2n) is 6.24. The van der Waals surface area contributed by atoms with Gasteiger partial charge in [-0.3, -0.25) is 24.0 Å². The highest BCUT2D eigenvalue weighted by Gasteiger charge is 2.27. The molecule has 0 aromatic rings. The van der Waals surface area contributed by atoms with Crippen LogP contribution >= 0.6 is 0 Å². The van der Waals surface area contributed by atoms with E-state index in [0.717, 1.165) is 0 Å². The molecule has 3 amide bonds. The van der Waals surface area contributed by atoms with Crippen molar-refractivity contribution in [1.82, 2.24) is 16.0 Å². The number of nitrogens with two attached hydrogens (primary N) is 2. The van der Waals surface area contributed by atoms with Gasteiger partial charge in [-0.1, -0.05) is 0 Å². The number of unbranched alkanes of at least 4 members (excludes halogenated alkanes) is 1. The van der Waals surface area contributed by atoms with Gasteiger partial charge >= 0.3 is 11.9 Å². The van der Waals surface area contributed by atoms with Crippen molar-refractivity contribution in [2.75, 3.05) is 13.1 Å². The largest absolute Gasteiger partial charge is 0.481 e. The first-order valence-electron chi connectivity index (χ1n) is 8.86. The van der Waals surface area contributed by atoms with Crippen molar-refractivity contribution in [2.45, 2.75) is 57.2 Å². The Balaban J connectivity index is 5.16. The van der Waals surface area contributed by atoms with E-state index in [1.807, 2.05) is 0 Å². The van der Waals surface area contributed by atoms with Crippen molar-refractivity contribution in [2.24, 2.45) is 11.5 Å². The van der Waals surface area contributed by atoms with Crippen LogP contribution in [0.15, 0.2) is 0 Å². The molecule has 0 aliphatic rings. The lowest BCUT2D eigenvalue weighted by Crippen LogP contribution is -2.55. The summed E-state index contributed by atoms with van der Waals surface area (Å²) in [5.74, 6) is -4.53. The van der Waals surface area contributed by atoms with Gasteiger partial charge in [0.2, 0.25) is 17.7 Å². The Morgan fingerprint density at radius 1 is 0.857 bits per heavy atom. The molecule has 12 nitrogen and oxygen atoms in total. The van der Waals surface area contributed by atoms with Crippen LogP contribution in [0.3, 0.4) is 0 Å². The van der Waals surface area contributed by atoms with Crippen LogP contribution < -0.4 is 27.4 Å². The number of nitrogens with one attached hydrogen (secondary N) is 3. The van der Waals surface area contributed by atoms with E-state index in [1.165, 1.54) is 6.92 Å². The molecule has 9 N–H and O–H groups in total. The fourth-order valence-electron chi connectivity index (χ4n) is 2.16. The SMILES string of the molecule is CC(N)C(=O)NC(CCC(=O)O)C(=O)NC(CCCCN)C(=O)NCC(=O)O. The van der Waals surface area contributed by atoms with E-state index in [4.69, 9.17) is 21.7 Å². The van der Waals surface area contributed by atoms with Crippen molar-refractivity contribution in [3.63, 3.8) is 0 Å². The minimum atomic E-state index is -1.25. The molecular formula is C16H29N5O7. The summed E-state index contributed by atoms with van der Waals surface area (Å²) in [6.45, 7) is 1.16. The van der Waals surface area contributed by atoms with Crippen molar-refractivity contribution in [3.8, 4) is 0 Å². The highest BCUT2D eigenvalue weighted by atomic mass is 16.4. The minimum Gasteiger partial charge on any atom is -0.481 e. The highest BCUT2D eigenvalue weighted by molar-refractivity contribution is 5.93. The zero-order valence-corrected chi connectivity index (χ0v) is 15.8. The fraction of sp³-hybridized carbons (Fsp3) is 0.688. The molecular weight excluding hydrogens is 374 g/mol. The molecule has 0 aromatic heterocycles. The molecule has 0 radical (unpaired) electrons. The Labute approximate surface area is 162 Å².